The molecule has 3 fully saturated rings. The van der Waals surface area contributed by atoms with E-state index in [1.54, 1.807) is 26.8 Å². The van der Waals surface area contributed by atoms with Crippen molar-refractivity contribution in [3.8, 4) is 11.8 Å². The molecule has 1 aromatic carbocycles. The number of nitrogens with zero attached hydrogens (tertiary/aromatic N) is 2. The van der Waals surface area contributed by atoms with E-state index in [-0.39, 0.29) is 45.3 Å². The number of fused-ring (bicyclic) bond motifs is 1. The maximum Gasteiger partial charge on any atom is 0.410 e. The molecule has 304 valence electrons. The molecule has 5 amide bonds. The molecule has 4 aliphatic rings. The fourth-order valence-electron chi connectivity index (χ4n) is 6.62. The summed E-state index contributed by atoms with van der Waals surface area (Å²) in [6.45, 7) is 13.7. The third-order valence-corrected chi connectivity index (χ3v) is 11.6. The van der Waals surface area contributed by atoms with Gasteiger partial charge in [-0.1, -0.05) is 24.1 Å². The Morgan fingerprint density at radius 3 is 2.38 bits per heavy atom. The molecular formula is C39H50FN5O10S. The molecule has 2 aliphatic carbocycles. The molecule has 0 radical (unpaired) electrons. The summed E-state index contributed by atoms with van der Waals surface area (Å²) in [7, 11) is -3.98. The van der Waals surface area contributed by atoms with Crippen LogP contribution in [-0.4, -0.2) is 95.0 Å². The average molecular weight is 800 g/mol. The van der Waals surface area contributed by atoms with E-state index in [0.29, 0.717) is 24.0 Å². The van der Waals surface area contributed by atoms with Crippen molar-refractivity contribution in [2.24, 2.45) is 11.3 Å². The van der Waals surface area contributed by atoms with Gasteiger partial charge in [0, 0.05) is 36.3 Å². The normalized spacial score (nSPS) is 23.4. The molecule has 1 aromatic rings. The molecule has 56 heavy (non-hydrogen) atoms. The number of carbonyl (C=O) groups is 6. The predicted octanol–water partition coefficient (Wildman–Crippen LogP) is 3.21. The summed E-state index contributed by atoms with van der Waals surface area (Å²) in [5.74, 6) is 1.20. The Bertz CT molecular complexity index is 1980. The number of carbonyl (C=O) groups excluding carboxylic acids is 6. The van der Waals surface area contributed by atoms with Crippen molar-refractivity contribution >= 4 is 45.7 Å². The smallest absolute Gasteiger partial charge is 0.410 e. The van der Waals surface area contributed by atoms with E-state index in [4.69, 9.17) is 9.47 Å². The van der Waals surface area contributed by atoms with Crippen LogP contribution < -0.4 is 15.4 Å². The molecule has 0 aromatic heterocycles. The van der Waals surface area contributed by atoms with Crippen molar-refractivity contribution in [3.63, 3.8) is 0 Å². The number of ketones is 1. The monoisotopic (exact) mass is 799 g/mol. The van der Waals surface area contributed by atoms with Crippen LogP contribution in [0.25, 0.3) is 0 Å². The topological polar surface area (TPSA) is 198 Å². The van der Waals surface area contributed by atoms with E-state index in [2.05, 4.69) is 33.8 Å². The van der Waals surface area contributed by atoms with Gasteiger partial charge >= 0.3 is 12.2 Å². The first-order valence-electron chi connectivity index (χ1n) is 18.6. The number of sulfonamides is 1. The Labute approximate surface area is 326 Å². The fraction of sp³-hybridized carbons (Fsp3) is 0.590. The lowest BCUT2D eigenvalue weighted by Crippen LogP contribution is -2.58. The number of rotatable bonds is 12. The SMILES string of the molecule is C=C[C@@H]1C[C@]1(NC(=O)C1CC(OC(=O)N2Cc3cccc(F)c3C2)CN1C(=O)[C@H](CCC(=O)C#CC(C)(C)C)NC(=O)OC(C)(C)C)C(=O)NS(=O)(=O)C1CC1. The van der Waals surface area contributed by atoms with E-state index in [1.807, 2.05) is 20.8 Å². The second kappa shape index (κ2) is 15.9. The van der Waals surface area contributed by atoms with Crippen molar-refractivity contribution < 1.29 is 51.0 Å². The van der Waals surface area contributed by atoms with Gasteiger partial charge in [0.1, 0.15) is 35.1 Å². The van der Waals surface area contributed by atoms with Crippen LogP contribution in [0.1, 0.15) is 91.2 Å². The summed E-state index contributed by atoms with van der Waals surface area (Å²) in [5, 5.41) is 4.46. The lowest BCUT2D eigenvalue weighted by Gasteiger charge is -2.30. The Morgan fingerprint density at radius 1 is 1.09 bits per heavy atom. The van der Waals surface area contributed by atoms with Crippen LogP contribution in [0.2, 0.25) is 0 Å². The van der Waals surface area contributed by atoms with Crippen molar-refractivity contribution in [3.05, 3.63) is 47.8 Å². The molecule has 2 aliphatic heterocycles. The van der Waals surface area contributed by atoms with Crippen molar-refractivity contribution in [2.75, 3.05) is 6.54 Å². The van der Waals surface area contributed by atoms with Crippen LogP contribution in [0.4, 0.5) is 14.0 Å². The number of halogens is 1. The van der Waals surface area contributed by atoms with E-state index in [9.17, 15) is 41.6 Å². The number of benzene rings is 1. The zero-order valence-corrected chi connectivity index (χ0v) is 33.3. The summed E-state index contributed by atoms with van der Waals surface area (Å²) in [6, 6.07) is 1.71. The Balaban J connectivity index is 1.40. The zero-order valence-electron chi connectivity index (χ0n) is 32.5. The van der Waals surface area contributed by atoms with E-state index in [1.165, 1.54) is 23.1 Å². The van der Waals surface area contributed by atoms with E-state index in [0.717, 1.165) is 4.90 Å². The second-order valence-corrected chi connectivity index (χ2v) is 18.8. The fourth-order valence-corrected chi connectivity index (χ4v) is 7.99. The van der Waals surface area contributed by atoms with Crippen LogP contribution in [-0.2, 0) is 51.8 Å². The quantitative estimate of drug-likeness (QED) is 0.160. The minimum absolute atomic E-state index is 0.0416. The van der Waals surface area contributed by atoms with Gasteiger partial charge < -0.3 is 25.0 Å². The third-order valence-electron chi connectivity index (χ3n) is 9.78. The minimum Gasteiger partial charge on any atom is -0.444 e. The molecule has 2 heterocycles. The van der Waals surface area contributed by atoms with Gasteiger partial charge in [-0.25, -0.2) is 22.4 Å². The predicted molar refractivity (Wildman–Crippen MR) is 200 cm³/mol. The largest absolute Gasteiger partial charge is 0.444 e. The second-order valence-electron chi connectivity index (χ2n) is 16.8. The molecule has 5 atom stereocenters. The van der Waals surface area contributed by atoms with Crippen LogP contribution in [0.5, 0.6) is 0 Å². The number of hydrogen-bond donors (Lipinski definition) is 3. The number of likely N-dealkylation sites (tertiary alicyclic amines) is 1. The molecule has 3 N–H and O–H groups in total. The molecule has 0 bridgehead atoms. The first-order valence-corrected chi connectivity index (χ1v) is 20.1. The summed E-state index contributed by atoms with van der Waals surface area (Å²) >= 11 is 0. The molecule has 15 nitrogen and oxygen atoms in total. The lowest BCUT2D eigenvalue weighted by molar-refractivity contribution is -0.141. The molecule has 2 saturated carbocycles. The van der Waals surface area contributed by atoms with E-state index >= 15 is 0 Å². The molecule has 0 spiro atoms. The number of ether oxygens (including phenoxy) is 2. The standard InChI is InChI=1S/C39H50FN5O10S/c1-8-24-19-39(24,34(49)43-56(52,53)27-13-14-27)42-32(47)31-18-26(54-36(51)44-20-23-10-9-11-29(40)28(23)22-44)21-45(31)33(48)30(41-35(50)55-38(5,6)7)15-12-25(46)16-17-37(2,3)4/h8-11,24,26-27,30-31H,1,12-15,18-22H2,2-7H3,(H,41,50)(H,42,47)(H,43,49)/t24-,26?,30+,31?,39-/m1/s1. The van der Waals surface area contributed by atoms with Gasteiger partial charge in [-0.3, -0.25) is 28.8 Å². The van der Waals surface area contributed by atoms with Crippen LogP contribution in [0.15, 0.2) is 30.9 Å². The number of alkyl carbamates (subject to hydrolysis) is 1. The van der Waals surface area contributed by atoms with Gasteiger partial charge in [-0.05, 0) is 84.8 Å². The van der Waals surface area contributed by atoms with Gasteiger partial charge in [0.25, 0.3) is 5.91 Å². The van der Waals surface area contributed by atoms with Crippen LogP contribution in [0.3, 0.4) is 0 Å². The minimum atomic E-state index is -3.98. The highest BCUT2D eigenvalue weighted by molar-refractivity contribution is 7.91. The maximum absolute atomic E-state index is 14.5. The first-order chi connectivity index (χ1) is 26.0. The van der Waals surface area contributed by atoms with Gasteiger partial charge in [0.2, 0.25) is 27.6 Å². The molecule has 1 saturated heterocycles. The van der Waals surface area contributed by atoms with Crippen molar-refractivity contribution in [2.45, 2.75) is 128 Å². The third kappa shape index (κ3) is 10.2. The highest BCUT2D eigenvalue weighted by Crippen LogP contribution is 2.45. The van der Waals surface area contributed by atoms with Gasteiger partial charge in [0.15, 0.2) is 0 Å². The highest BCUT2D eigenvalue weighted by atomic mass is 32.2. The summed E-state index contributed by atoms with van der Waals surface area (Å²) in [4.78, 5) is 83.6. The number of amides is 5. The van der Waals surface area contributed by atoms with Gasteiger partial charge in [-0.2, -0.15) is 0 Å². The van der Waals surface area contributed by atoms with Gasteiger partial charge in [0.05, 0.1) is 18.3 Å². The first kappa shape index (κ1) is 42.2. The van der Waals surface area contributed by atoms with Crippen molar-refractivity contribution in [1.29, 1.82) is 0 Å². The van der Waals surface area contributed by atoms with Crippen LogP contribution in [0, 0.1) is 29.0 Å². The summed E-state index contributed by atoms with van der Waals surface area (Å²) in [6.07, 6.45) is -1.32. The highest BCUT2D eigenvalue weighted by Gasteiger charge is 2.62. The summed E-state index contributed by atoms with van der Waals surface area (Å²) < 4.78 is 53.1. The maximum atomic E-state index is 14.5. The Kier molecular flexibility index (Phi) is 12.0. The number of Topliss-reactive ketones (excluding diaryl/α,β-unsaturated/α-hetero) is 1. The molecule has 17 heteroatoms. The van der Waals surface area contributed by atoms with Crippen LogP contribution >= 0.6 is 0 Å². The average Bonchev–Trinajstić information content (AvgIpc) is 3.98. The lowest BCUT2D eigenvalue weighted by atomic mass is 9.97. The van der Waals surface area contributed by atoms with Crippen molar-refractivity contribution in [1.82, 2.24) is 25.2 Å². The Hall–Kier alpha value is -4.98. The number of hydrogen-bond acceptors (Lipinski definition) is 10. The molecule has 2 unspecified atom stereocenters. The van der Waals surface area contributed by atoms with E-state index < -0.39 is 97.4 Å². The number of nitrogens with one attached hydrogen (secondary N) is 3. The zero-order chi connectivity index (χ0) is 41.4. The summed E-state index contributed by atoms with van der Waals surface area (Å²) in [5.41, 5.74) is -2.16. The van der Waals surface area contributed by atoms with Gasteiger partial charge in [-0.15, -0.1) is 6.58 Å². The Morgan fingerprint density at radius 2 is 1.79 bits per heavy atom. The molecule has 5 rings (SSSR count). The molecular weight excluding hydrogens is 750 g/mol.